The molecular weight excluding hydrogens is 863 g/mol. The number of hydrogen-bond donors (Lipinski definition) is 3. The summed E-state index contributed by atoms with van der Waals surface area (Å²) >= 11 is 0. The highest BCUT2D eigenvalue weighted by Gasteiger charge is 2.20. The summed E-state index contributed by atoms with van der Waals surface area (Å²) in [5, 5.41) is 23.4. The van der Waals surface area contributed by atoms with E-state index >= 15 is 0 Å². The van der Waals surface area contributed by atoms with Crippen LogP contribution < -0.4 is 5.32 Å². The zero-order valence-corrected chi connectivity index (χ0v) is 47.3. The van der Waals surface area contributed by atoms with Gasteiger partial charge in [0, 0.05) is 12.8 Å². The number of ether oxygens (including phenoxy) is 1. The lowest BCUT2D eigenvalue weighted by molar-refractivity contribution is -0.143. The number of amides is 1. The molecule has 0 heterocycles. The fourth-order valence-electron chi connectivity index (χ4n) is 9.91. The molecule has 0 aliphatic carbocycles. The molecule has 70 heavy (non-hydrogen) atoms. The Morgan fingerprint density at radius 2 is 0.714 bits per heavy atom. The molecule has 6 heteroatoms. The van der Waals surface area contributed by atoms with Crippen LogP contribution in [0, 0.1) is 0 Å². The van der Waals surface area contributed by atoms with Crippen molar-refractivity contribution in [2.24, 2.45) is 0 Å². The Balaban J connectivity index is 3.41. The molecule has 1 amide bonds. The molecule has 0 spiro atoms. The highest BCUT2D eigenvalue weighted by Crippen LogP contribution is 2.18. The fraction of sp³-hybridized carbons (Fsp3) is 0.906. The van der Waals surface area contributed by atoms with E-state index in [4.69, 9.17) is 4.74 Å². The topological polar surface area (TPSA) is 95.9 Å². The van der Waals surface area contributed by atoms with Crippen molar-refractivity contribution in [3.63, 3.8) is 0 Å². The molecule has 0 saturated carbocycles. The van der Waals surface area contributed by atoms with Gasteiger partial charge in [-0.2, -0.15) is 0 Å². The molecule has 6 nitrogen and oxygen atoms in total. The van der Waals surface area contributed by atoms with Gasteiger partial charge in [0.25, 0.3) is 0 Å². The lowest BCUT2D eigenvalue weighted by atomic mass is 10.0. The maximum atomic E-state index is 12.5. The Bertz CT molecular complexity index is 1090. The minimum absolute atomic E-state index is 0.00158. The van der Waals surface area contributed by atoms with Crippen molar-refractivity contribution in [1.82, 2.24) is 5.32 Å². The van der Waals surface area contributed by atoms with Crippen LogP contribution in [0.3, 0.4) is 0 Å². The molecule has 0 fully saturated rings. The molecule has 0 aromatic rings. The van der Waals surface area contributed by atoms with Gasteiger partial charge in [0.05, 0.1) is 25.4 Å². The van der Waals surface area contributed by atoms with Gasteiger partial charge in [-0.25, -0.2) is 0 Å². The number of aliphatic hydroxyl groups excluding tert-OH is 2. The second kappa shape index (κ2) is 59.9. The molecule has 2 unspecified atom stereocenters. The van der Waals surface area contributed by atoms with Gasteiger partial charge < -0.3 is 20.3 Å². The van der Waals surface area contributed by atoms with Crippen molar-refractivity contribution < 1.29 is 24.5 Å². The van der Waals surface area contributed by atoms with Gasteiger partial charge in [-0.1, -0.05) is 301 Å². The quantitative estimate of drug-likeness (QED) is 0.0321. The number of allylic oxidation sites excluding steroid dienone is 4. The van der Waals surface area contributed by atoms with Gasteiger partial charge in [0.1, 0.15) is 0 Å². The summed E-state index contributed by atoms with van der Waals surface area (Å²) in [7, 11) is 0. The van der Waals surface area contributed by atoms with Gasteiger partial charge >= 0.3 is 5.97 Å². The number of esters is 1. The van der Waals surface area contributed by atoms with Crippen molar-refractivity contribution in [3.8, 4) is 0 Å². The van der Waals surface area contributed by atoms with Crippen LogP contribution in [0.25, 0.3) is 0 Å². The van der Waals surface area contributed by atoms with E-state index in [0.29, 0.717) is 25.9 Å². The maximum Gasteiger partial charge on any atom is 0.305 e. The predicted molar refractivity (Wildman–Crippen MR) is 306 cm³/mol. The summed E-state index contributed by atoms with van der Waals surface area (Å²) in [6.45, 7) is 4.94. The van der Waals surface area contributed by atoms with Crippen LogP contribution in [0.1, 0.15) is 348 Å². The first kappa shape index (κ1) is 68.3. The molecular formula is C64H123NO5. The third kappa shape index (κ3) is 55.7. The number of nitrogens with one attached hydrogen (secondary N) is 1. The van der Waals surface area contributed by atoms with Gasteiger partial charge in [-0.15, -0.1) is 0 Å². The number of rotatable bonds is 59. The van der Waals surface area contributed by atoms with Gasteiger partial charge in [-0.3, -0.25) is 9.59 Å². The molecule has 0 aromatic heterocycles. The SMILES string of the molecule is CCCCC/C=C\C/C=C\CCCCCCCCCC(=O)OCCCCCCCCCCCCCCCCCCCC(=O)NC(CO)C(O)CCCCCCCCCCCCCCCCCCCCC. The van der Waals surface area contributed by atoms with Gasteiger partial charge in [0.15, 0.2) is 0 Å². The summed E-state index contributed by atoms with van der Waals surface area (Å²) in [5.41, 5.74) is 0. The minimum atomic E-state index is -0.669. The predicted octanol–water partition coefficient (Wildman–Crippen LogP) is 19.8. The maximum absolute atomic E-state index is 12.5. The van der Waals surface area contributed by atoms with E-state index in [1.54, 1.807) is 0 Å². The largest absolute Gasteiger partial charge is 0.466 e. The first-order valence-electron chi connectivity index (χ1n) is 31.6. The molecule has 0 radical (unpaired) electrons. The minimum Gasteiger partial charge on any atom is -0.466 e. The molecule has 414 valence electrons. The molecule has 0 aliphatic rings. The third-order valence-corrected chi connectivity index (χ3v) is 14.8. The Morgan fingerprint density at radius 3 is 1.11 bits per heavy atom. The van der Waals surface area contributed by atoms with Crippen LogP contribution in [-0.4, -0.2) is 47.4 Å². The highest BCUT2D eigenvalue weighted by atomic mass is 16.5. The molecule has 0 aliphatic heterocycles. The molecule has 0 saturated heterocycles. The van der Waals surface area contributed by atoms with Crippen LogP contribution in [0.2, 0.25) is 0 Å². The second-order valence-corrected chi connectivity index (χ2v) is 21.7. The first-order chi connectivity index (χ1) is 34.5. The normalized spacial score (nSPS) is 12.7. The van der Waals surface area contributed by atoms with Crippen molar-refractivity contribution in [1.29, 1.82) is 0 Å². The van der Waals surface area contributed by atoms with E-state index < -0.39 is 12.1 Å². The van der Waals surface area contributed by atoms with Crippen LogP contribution in [-0.2, 0) is 14.3 Å². The average molecular weight is 987 g/mol. The number of aliphatic hydroxyl groups is 2. The number of carbonyl (C=O) groups is 2. The Labute approximate surface area is 437 Å². The molecule has 2 atom stereocenters. The van der Waals surface area contributed by atoms with Crippen molar-refractivity contribution in [3.05, 3.63) is 24.3 Å². The Kier molecular flexibility index (Phi) is 58.5. The second-order valence-electron chi connectivity index (χ2n) is 21.7. The Hall–Kier alpha value is -1.66. The summed E-state index contributed by atoms with van der Waals surface area (Å²) in [6, 6.07) is -0.546. The lowest BCUT2D eigenvalue weighted by Gasteiger charge is -2.22. The summed E-state index contributed by atoms with van der Waals surface area (Å²) in [6.07, 6.45) is 73.2. The standard InChI is InChI=1S/C64H123NO5/c1-3-5-7-9-11-13-15-17-19-21-22-25-28-32-36-40-44-48-52-56-62(67)61(60-66)65-63(68)57-53-49-45-41-37-33-29-26-23-27-31-35-39-43-47-51-55-59-70-64(69)58-54-50-46-42-38-34-30-24-20-18-16-14-12-10-8-6-4-2/h12,14,18,20,61-62,66-67H,3-11,13,15-17,19,21-60H2,1-2H3,(H,65,68)/b14-12-,20-18-. The average Bonchev–Trinajstić information content (AvgIpc) is 3.36. The van der Waals surface area contributed by atoms with Crippen LogP contribution >= 0.6 is 0 Å². The smallest absolute Gasteiger partial charge is 0.305 e. The van der Waals surface area contributed by atoms with Crippen LogP contribution in [0.4, 0.5) is 0 Å². The molecule has 0 aromatic carbocycles. The van der Waals surface area contributed by atoms with Crippen LogP contribution in [0.5, 0.6) is 0 Å². The summed E-state index contributed by atoms with van der Waals surface area (Å²) in [4.78, 5) is 24.6. The monoisotopic (exact) mass is 986 g/mol. The van der Waals surface area contributed by atoms with E-state index in [0.717, 1.165) is 51.4 Å². The van der Waals surface area contributed by atoms with Crippen molar-refractivity contribution >= 4 is 11.9 Å². The van der Waals surface area contributed by atoms with Gasteiger partial charge in [-0.05, 0) is 57.8 Å². The van der Waals surface area contributed by atoms with E-state index in [1.807, 2.05) is 0 Å². The van der Waals surface area contributed by atoms with E-state index in [2.05, 4.69) is 43.5 Å². The molecule has 0 rings (SSSR count). The van der Waals surface area contributed by atoms with Crippen LogP contribution in [0.15, 0.2) is 24.3 Å². The number of hydrogen-bond acceptors (Lipinski definition) is 5. The zero-order valence-electron chi connectivity index (χ0n) is 47.3. The molecule has 3 N–H and O–H groups in total. The van der Waals surface area contributed by atoms with Crippen molar-refractivity contribution in [2.75, 3.05) is 13.2 Å². The highest BCUT2D eigenvalue weighted by molar-refractivity contribution is 5.76. The van der Waals surface area contributed by atoms with E-state index in [1.165, 1.54) is 263 Å². The lowest BCUT2D eigenvalue weighted by Crippen LogP contribution is -2.45. The first-order valence-corrected chi connectivity index (χ1v) is 31.6. The zero-order chi connectivity index (χ0) is 50.7. The fourth-order valence-corrected chi connectivity index (χ4v) is 9.91. The van der Waals surface area contributed by atoms with E-state index in [-0.39, 0.29) is 18.5 Å². The van der Waals surface area contributed by atoms with E-state index in [9.17, 15) is 19.8 Å². The molecule has 0 bridgehead atoms. The van der Waals surface area contributed by atoms with Gasteiger partial charge in [0.2, 0.25) is 5.91 Å². The number of carbonyl (C=O) groups excluding carboxylic acids is 2. The van der Waals surface area contributed by atoms with Crippen molar-refractivity contribution in [2.45, 2.75) is 360 Å². The summed E-state index contributed by atoms with van der Waals surface area (Å²) < 4.78 is 5.49. The Morgan fingerprint density at radius 1 is 0.400 bits per heavy atom. The number of unbranched alkanes of at least 4 members (excludes halogenated alkanes) is 44. The summed E-state index contributed by atoms with van der Waals surface area (Å²) in [5.74, 6) is -0.0389. The third-order valence-electron chi connectivity index (χ3n) is 14.8.